The zero-order valence-corrected chi connectivity index (χ0v) is 16.1. The summed E-state index contributed by atoms with van der Waals surface area (Å²) in [5.74, 6) is -0.364. The largest absolute Gasteiger partial charge is 0.361 e. The molecule has 5 heteroatoms. The zero-order valence-electron chi connectivity index (χ0n) is 16.1. The summed E-state index contributed by atoms with van der Waals surface area (Å²) >= 11 is 0. The highest BCUT2D eigenvalue weighted by molar-refractivity contribution is 5.89. The van der Waals surface area contributed by atoms with E-state index >= 15 is 0 Å². The Bertz CT molecular complexity index is 1140. The van der Waals surface area contributed by atoms with Gasteiger partial charge in [-0.1, -0.05) is 54.6 Å². The molecule has 4 aromatic rings. The van der Waals surface area contributed by atoms with Crippen LogP contribution in [0.3, 0.4) is 0 Å². The number of hydrogen-bond acceptors (Lipinski definition) is 1. The van der Waals surface area contributed by atoms with E-state index in [4.69, 9.17) is 0 Å². The lowest BCUT2D eigenvalue weighted by Crippen LogP contribution is -2.32. The Morgan fingerprint density at radius 3 is 2.59 bits per heavy atom. The van der Waals surface area contributed by atoms with Gasteiger partial charge in [0.15, 0.2) is 0 Å². The molecular formula is C24H22FN3O. The van der Waals surface area contributed by atoms with Gasteiger partial charge in [-0.25, -0.2) is 9.18 Å². The monoisotopic (exact) mass is 387 g/mol. The van der Waals surface area contributed by atoms with Gasteiger partial charge in [0.25, 0.3) is 0 Å². The normalized spacial score (nSPS) is 11.9. The van der Waals surface area contributed by atoms with Crippen LogP contribution >= 0.6 is 0 Å². The maximum absolute atomic E-state index is 13.7. The molecule has 2 amide bonds. The maximum Gasteiger partial charge on any atom is 0.319 e. The second-order valence-electron chi connectivity index (χ2n) is 7.05. The Labute approximate surface area is 168 Å². The van der Waals surface area contributed by atoms with E-state index < -0.39 is 0 Å². The van der Waals surface area contributed by atoms with Crippen LogP contribution in [0.2, 0.25) is 0 Å². The van der Waals surface area contributed by atoms with Gasteiger partial charge in [-0.3, -0.25) is 0 Å². The third kappa shape index (κ3) is 4.14. The van der Waals surface area contributed by atoms with E-state index in [2.05, 4.69) is 33.8 Å². The van der Waals surface area contributed by atoms with Gasteiger partial charge in [0.1, 0.15) is 5.82 Å². The number of aromatic nitrogens is 1. The van der Waals surface area contributed by atoms with Gasteiger partial charge >= 0.3 is 6.03 Å². The summed E-state index contributed by atoms with van der Waals surface area (Å²) in [6, 6.07) is 22.5. The summed E-state index contributed by atoms with van der Waals surface area (Å²) in [5.41, 5.74) is 4.25. The Balaban J connectivity index is 1.55. The second kappa shape index (κ2) is 8.19. The van der Waals surface area contributed by atoms with Gasteiger partial charge in [0.2, 0.25) is 0 Å². The van der Waals surface area contributed by atoms with Crippen LogP contribution < -0.4 is 10.6 Å². The molecule has 0 aliphatic rings. The standard InChI is InChI=1S/C24H22FN3O/c1-16-11-12-18(13-22(16)25)28-24(29)27-14-20(17-7-3-2-4-8-17)21-15-26-23-10-6-5-9-19(21)23/h2-13,15,20,26H,14H2,1H3,(H2,27,28,29)/t20-/m0/s1. The first-order chi connectivity index (χ1) is 14.1. The van der Waals surface area contributed by atoms with Crippen molar-refractivity contribution in [3.8, 4) is 0 Å². The minimum atomic E-state index is -0.367. The molecule has 0 unspecified atom stereocenters. The predicted molar refractivity (Wildman–Crippen MR) is 115 cm³/mol. The molecule has 0 saturated carbocycles. The quantitative estimate of drug-likeness (QED) is 0.412. The van der Waals surface area contributed by atoms with Gasteiger partial charge in [0.05, 0.1) is 0 Å². The highest BCUT2D eigenvalue weighted by Gasteiger charge is 2.19. The third-order valence-electron chi connectivity index (χ3n) is 5.10. The number of anilines is 1. The SMILES string of the molecule is Cc1ccc(NC(=O)NC[C@@H](c2ccccc2)c2c[nH]c3ccccc23)cc1F. The topological polar surface area (TPSA) is 56.9 Å². The Morgan fingerprint density at radius 1 is 1.03 bits per heavy atom. The number of aromatic amines is 1. The summed E-state index contributed by atoms with van der Waals surface area (Å²) in [6.07, 6.45) is 2.00. The Hall–Kier alpha value is -3.60. The summed E-state index contributed by atoms with van der Waals surface area (Å²) in [4.78, 5) is 15.7. The number of carbonyl (C=O) groups excluding carboxylic acids is 1. The van der Waals surface area contributed by atoms with Crippen molar-refractivity contribution in [2.45, 2.75) is 12.8 Å². The van der Waals surface area contributed by atoms with E-state index in [1.165, 1.54) is 6.07 Å². The first-order valence-corrected chi connectivity index (χ1v) is 9.54. The molecule has 0 fully saturated rings. The molecule has 1 aromatic heterocycles. The number of halogens is 1. The lowest BCUT2D eigenvalue weighted by atomic mass is 9.91. The number of amides is 2. The predicted octanol–water partition coefficient (Wildman–Crippen LogP) is 5.57. The van der Waals surface area contributed by atoms with Crippen molar-refractivity contribution in [1.29, 1.82) is 0 Å². The smallest absolute Gasteiger partial charge is 0.319 e. The lowest BCUT2D eigenvalue weighted by molar-refractivity contribution is 0.252. The maximum atomic E-state index is 13.7. The zero-order chi connectivity index (χ0) is 20.2. The Kier molecular flexibility index (Phi) is 5.29. The van der Waals surface area contributed by atoms with E-state index in [-0.39, 0.29) is 17.8 Å². The van der Waals surface area contributed by atoms with Crippen LogP contribution in [0.5, 0.6) is 0 Å². The fourth-order valence-corrected chi connectivity index (χ4v) is 3.52. The number of para-hydroxylation sites is 1. The number of aryl methyl sites for hydroxylation is 1. The molecule has 0 aliphatic heterocycles. The molecule has 1 atom stereocenters. The third-order valence-corrected chi connectivity index (χ3v) is 5.10. The average Bonchev–Trinajstić information content (AvgIpc) is 3.16. The molecule has 0 saturated heterocycles. The highest BCUT2D eigenvalue weighted by Crippen LogP contribution is 2.30. The van der Waals surface area contributed by atoms with Crippen molar-refractivity contribution < 1.29 is 9.18 Å². The van der Waals surface area contributed by atoms with Crippen LogP contribution in [0.1, 0.15) is 22.6 Å². The molecule has 0 bridgehead atoms. The molecule has 0 aliphatic carbocycles. The molecule has 3 aromatic carbocycles. The van der Waals surface area contributed by atoms with Crippen LogP contribution in [0.15, 0.2) is 79.0 Å². The molecule has 0 spiro atoms. The number of fused-ring (bicyclic) bond motifs is 1. The van der Waals surface area contributed by atoms with Crippen molar-refractivity contribution in [3.63, 3.8) is 0 Å². The van der Waals surface area contributed by atoms with Crippen molar-refractivity contribution in [1.82, 2.24) is 10.3 Å². The minimum absolute atomic E-state index is 0.0205. The van der Waals surface area contributed by atoms with Crippen LogP contribution in [-0.2, 0) is 0 Å². The van der Waals surface area contributed by atoms with Crippen LogP contribution in [0, 0.1) is 12.7 Å². The van der Waals surface area contributed by atoms with Gasteiger partial charge in [0, 0.05) is 35.2 Å². The van der Waals surface area contributed by atoms with Gasteiger partial charge in [-0.15, -0.1) is 0 Å². The van der Waals surface area contributed by atoms with Gasteiger partial charge in [-0.2, -0.15) is 0 Å². The fraction of sp³-hybridized carbons (Fsp3) is 0.125. The number of carbonyl (C=O) groups is 1. The fourth-order valence-electron chi connectivity index (χ4n) is 3.52. The molecule has 4 rings (SSSR count). The van der Waals surface area contributed by atoms with Crippen LogP contribution in [-0.4, -0.2) is 17.6 Å². The van der Waals surface area contributed by atoms with E-state index in [1.54, 1.807) is 19.1 Å². The molecule has 1 heterocycles. The van der Waals surface area contributed by atoms with Gasteiger partial charge in [-0.05, 0) is 41.8 Å². The molecular weight excluding hydrogens is 365 g/mol. The molecule has 146 valence electrons. The number of nitrogens with one attached hydrogen (secondary N) is 3. The number of hydrogen-bond donors (Lipinski definition) is 3. The van der Waals surface area contributed by atoms with Crippen LogP contribution in [0.25, 0.3) is 10.9 Å². The molecule has 4 nitrogen and oxygen atoms in total. The summed E-state index contributed by atoms with van der Waals surface area (Å²) in [7, 11) is 0. The van der Waals surface area contributed by atoms with Crippen molar-refractivity contribution in [2.75, 3.05) is 11.9 Å². The number of urea groups is 1. The van der Waals surface area contributed by atoms with Crippen molar-refractivity contribution in [3.05, 3.63) is 102 Å². The lowest BCUT2D eigenvalue weighted by Gasteiger charge is -2.18. The number of rotatable bonds is 5. The first-order valence-electron chi connectivity index (χ1n) is 9.54. The summed E-state index contributed by atoms with van der Waals surface area (Å²) in [6.45, 7) is 2.09. The molecule has 3 N–H and O–H groups in total. The van der Waals surface area contributed by atoms with Crippen molar-refractivity contribution in [2.24, 2.45) is 0 Å². The van der Waals surface area contributed by atoms with Crippen molar-refractivity contribution >= 4 is 22.6 Å². The van der Waals surface area contributed by atoms with Gasteiger partial charge < -0.3 is 15.6 Å². The minimum Gasteiger partial charge on any atom is -0.361 e. The number of H-pyrrole nitrogens is 1. The summed E-state index contributed by atoms with van der Waals surface area (Å²) < 4.78 is 13.7. The van der Waals surface area contributed by atoms with E-state index in [9.17, 15) is 9.18 Å². The van der Waals surface area contributed by atoms with Crippen LogP contribution in [0.4, 0.5) is 14.9 Å². The number of benzene rings is 3. The molecule has 0 radical (unpaired) electrons. The molecule has 29 heavy (non-hydrogen) atoms. The van der Waals surface area contributed by atoms with E-state index in [1.807, 2.05) is 42.6 Å². The summed E-state index contributed by atoms with van der Waals surface area (Å²) in [5, 5.41) is 6.76. The average molecular weight is 387 g/mol. The second-order valence-corrected chi connectivity index (χ2v) is 7.05. The van der Waals surface area contributed by atoms with E-state index in [0.717, 1.165) is 22.0 Å². The Morgan fingerprint density at radius 2 is 1.79 bits per heavy atom. The van der Waals surface area contributed by atoms with E-state index in [0.29, 0.717) is 17.8 Å². The first kappa shape index (κ1) is 18.7. The highest BCUT2D eigenvalue weighted by atomic mass is 19.1.